The number of benzene rings is 18. The molecule has 22 rings (SSSR count). The first kappa shape index (κ1) is 65.4. The Labute approximate surface area is 659 Å². The third-order valence-corrected chi connectivity index (χ3v) is 26.3. The van der Waals surface area contributed by atoms with Gasteiger partial charge in [-0.25, -0.2) is 0 Å². The van der Waals surface area contributed by atoms with Crippen LogP contribution in [0.1, 0.15) is 44.5 Å². The van der Waals surface area contributed by atoms with Gasteiger partial charge in [-0.1, -0.05) is 334 Å². The van der Waals surface area contributed by atoms with Gasteiger partial charge in [-0.15, -0.1) is 22.7 Å². The lowest BCUT2D eigenvalue weighted by Crippen LogP contribution is -2.28. The molecule has 0 bridgehead atoms. The van der Waals surface area contributed by atoms with Crippen molar-refractivity contribution < 1.29 is 0 Å². The minimum atomic E-state index is -0.554. The van der Waals surface area contributed by atoms with E-state index in [0.717, 1.165) is 45.3 Å². The lowest BCUT2D eigenvalue weighted by Gasteiger charge is -2.35. The first-order chi connectivity index (χ1) is 55.5. The smallest absolute Gasteiger partial charge is 0.0714 e. The summed E-state index contributed by atoms with van der Waals surface area (Å²) in [4.78, 5) is 4.93. The number of fused-ring (bicyclic) bond motifs is 13. The molecular weight excluding hydrogens is 1390 g/mol. The van der Waals surface area contributed by atoms with Gasteiger partial charge in [0.15, 0.2) is 0 Å². The third kappa shape index (κ3) is 10.3. The molecule has 2 nitrogen and oxygen atoms in total. The van der Waals surface area contributed by atoms with E-state index < -0.39 is 10.8 Å². The van der Waals surface area contributed by atoms with E-state index in [0.29, 0.717) is 0 Å². The monoisotopic (exact) mass is 1460 g/mol. The van der Waals surface area contributed by atoms with E-state index in [2.05, 4.69) is 434 Å². The van der Waals surface area contributed by atoms with Gasteiger partial charge in [0.2, 0.25) is 0 Å². The SMILES string of the molecule is c1ccc(C2(c3ccccc3)c3ccccc3-c3ccc(N(c4ccc(-c5cccc(-c6ccc7sc8c(-c9ccc(N(c%10ccc%11c(c%10)C(c%10ccccc%10)(c%10ccccc%10)c%10ccccc%10-%11)c%10cccc%11ccccc%10%11)cc9)cccc8c7c6)c5)cc4)c4ccc(-c5cccc6c5sc5ccccc56)cc4)cc32)cc1. The van der Waals surface area contributed by atoms with Crippen molar-refractivity contribution in [2.45, 2.75) is 10.8 Å². The third-order valence-electron chi connectivity index (χ3n) is 23.8. The number of anilines is 6. The number of thiophene rings is 2. The van der Waals surface area contributed by atoms with E-state index in [4.69, 9.17) is 0 Å². The molecule has 20 aromatic rings. The molecule has 524 valence electrons. The quantitative estimate of drug-likeness (QED) is 0.107. The molecule has 2 heterocycles. The summed E-state index contributed by atoms with van der Waals surface area (Å²) in [5.41, 5.74) is 30.2. The molecule has 0 spiro atoms. The van der Waals surface area contributed by atoms with Crippen LogP contribution in [0.4, 0.5) is 34.1 Å². The standard InChI is InChI=1S/C108H70N2S2/c1-5-29-78(30-6-1)107(79-31-7-2-8-32-79)98-45-18-15-38-90(98)92-64-62-85(69-100(92)107)109(83-58-51-73(52-59-83)88-41-23-43-95-94-40-17-20-48-103(94)111-105(88)95)82-56-49-71(50-57-82)75-27-21-28-76(67-75)77-55-66-104-97(68-77)96-44-24-42-89(106(96)112-104)74-53-60-84(61-54-74)110(102-47-22-26-72-25-13-14-37-87(72)102)86-63-65-93-91-39-16-19-46-99(91)108(101(93)70-86,80-33-9-3-10-34-80)81-35-11-4-12-36-81/h1-70H. The number of hydrogen-bond donors (Lipinski definition) is 0. The molecule has 112 heavy (non-hydrogen) atoms. The molecule has 2 aromatic heterocycles. The summed E-state index contributed by atoms with van der Waals surface area (Å²) in [6, 6.07) is 159. The first-order valence-electron chi connectivity index (χ1n) is 38.6. The van der Waals surface area contributed by atoms with Crippen LogP contribution in [0.25, 0.3) is 118 Å². The van der Waals surface area contributed by atoms with E-state index in [-0.39, 0.29) is 0 Å². The Hall–Kier alpha value is -13.7. The van der Waals surface area contributed by atoms with Crippen molar-refractivity contribution in [2.24, 2.45) is 0 Å². The molecule has 0 amide bonds. The number of hydrogen-bond acceptors (Lipinski definition) is 4. The lowest BCUT2D eigenvalue weighted by molar-refractivity contribution is 0.768. The Bertz CT molecular complexity index is 6960. The summed E-state index contributed by atoms with van der Waals surface area (Å²) >= 11 is 3.76. The van der Waals surface area contributed by atoms with Gasteiger partial charge in [0.25, 0.3) is 0 Å². The molecule has 18 aromatic carbocycles. The minimum absolute atomic E-state index is 0.540. The highest BCUT2D eigenvalue weighted by Crippen LogP contribution is 2.60. The topological polar surface area (TPSA) is 6.48 Å². The fourth-order valence-electron chi connectivity index (χ4n) is 18.9. The average molecular weight is 1460 g/mol. The molecule has 0 saturated carbocycles. The fourth-order valence-corrected chi connectivity index (χ4v) is 21.3. The molecule has 0 radical (unpaired) electrons. The second kappa shape index (κ2) is 26.5. The molecular formula is C108H70N2S2. The van der Waals surface area contributed by atoms with Crippen molar-refractivity contribution in [3.63, 3.8) is 0 Å². The predicted molar refractivity (Wildman–Crippen MR) is 475 cm³/mol. The maximum atomic E-state index is 2.48. The Morgan fingerprint density at radius 1 is 0.188 bits per heavy atom. The highest BCUT2D eigenvalue weighted by Gasteiger charge is 2.48. The van der Waals surface area contributed by atoms with Crippen molar-refractivity contribution in [3.05, 3.63) is 469 Å². The van der Waals surface area contributed by atoms with Crippen LogP contribution in [-0.2, 0) is 10.8 Å². The van der Waals surface area contributed by atoms with Crippen LogP contribution in [0.3, 0.4) is 0 Å². The van der Waals surface area contributed by atoms with Gasteiger partial charge in [0.1, 0.15) is 0 Å². The van der Waals surface area contributed by atoms with E-state index in [1.807, 2.05) is 22.7 Å². The summed E-state index contributed by atoms with van der Waals surface area (Å²) in [7, 11) is 0. The van der Waals surface area contributed by atoms with E-state index >= 15 is 0 Å². The summed E-state index contributed by atoms with van der Waals surface area (Å²) in [6.07, 6.45) is 0. The summed E-state index contributed by atoms with van der Waals surface area (Å²) in [6.45, 7) is 0. The van der Waals surface area contributed by atoms with Crippen molar-refractivity contribution in [2.75, 3.05) is 9.80 Å². The number of nitrogens with zero attached hydrogens (tertiary/aromatic N) is 2. The Morgan fingerprint density at radius 2 is 0.545 bits per heavy atom. The van der Waals surface area contributed by atoms with Crippen LogP contribution in [0.5, 0.6) is 0 Å². The second-order valence-corrected chi connectivity index (χ2v) is 31.8. The Morgan fingerprint density at radius 3 is 1.09 bits per heavy atom. The lowest BCUT2D eigenvalue weighted by atomic mass is 9.67. The highest BCUT2D eigenvalue weighted by atomic mass is 32.1. The van der Waals surface area contributed by atoms with Gasteiger partial charge >= 0.3 is 0 Å². The molecule has 0 fully saturated rings. The van der Waals surface area contributed by atoms with Gasteiger partial charge in [-0.2, -0.15) is 0 Å². The van der Waals surface area contributed by atoms with E-state index in [9.17, 15) is 0 Å². The van der Waals surface area contributed by atoms with Gasteiger partial charge < -0.3 is 9.80 Å². The Kier molecular flexibility index (Phi) is 15.5. The van der Waals surface area contributed by atoms with Crippen LogP contribution >= 0.6 is 22.7 Å². The van der Waals surface area contributed by atoms with E-state index in [1.54, 1.807) is 0 Å². The Balaban J connectivity index is 0.608. The zero-order valence-electron chi connectivity index (χ0n) is 61.1. The maximum absolute atomic E-state index is 2.48. The molecule has 2 aliphatic rings. The van der Waals surface area contributed by atoms with Crippen molar-refractivity contribution >= 4 is 108 Å². The zero-order chi connectivity index (χ0) is 73.9. The van der Waals surface area contributed by atoms with Crippen LogP contribution in [0.2, 0.25) is 0 Å². The van der Waals surface area contributed by atoms with Crippen LogP contribution in [0, 0.1) is 0 Å². The molecule has 0 unspecified atom stereocenters. The van der Waals surface area contributed by atoms with Gasteiger partial charge in [0.05, 0.1) is 16.5 Å². The van der Waals surface area contributed by atoms with Crippen LogP contribution in [0.15, 0.2) is 425 Å². The van der Waals surface area contributed by atoms with Crippen LogP contribution < -0.4 is 9.80 Å². The number of rotatable bonds is 14. The fraction of sp³-hybridized carbons (Fsp3) is 0.0185. The van der Waals surface area contributed by atoms with E-state index in [1.165, 1.54) is 151 Å². The molecule has 4 heteroatoms. The molecule has 2 aliphatic carbocycles. The molecule has 0 aliphatic heterocycles. The zero-order valence-corrected chi connectivity index (χ0v) is 62.8. The minimum Gasteiger partial charge on any atom is -0.310 e. The van der Waals surface area contributed by atoms with Crippen molar-refractivity contribution in [1.82, 2.24) is 0 Å². The molecule has 0 saturated heterocycles. The van der Waals surface area contributed by atoms with Crippen molar-refractivity contribution in [1.29, 1.82) is 0 Å². The molecule has 0 atom stereocenters. The second-order valence-electron chi connectivity index (χ2n) is 29.7. The largest absolute Gasteiger partial charge is 0.310 e. The summed E-state index contributed by atoms with van der Waals surface area (Å²) < 4.78 is 5.17. The van der Waals surface area contributed by atoms with Crippen LogP contribution in [-0.4, -0.2) is 0 Å². The van der Waals surface area contributed by atoms with Crippen molar-refractivity contribution in [3.8, 4) is 66.8 Å². The van der Waals surface area contributed by atoms with Gasteiger partial charge in [-0.05, 0) is 208 Å². The van der Waals surface area contributed by atoms with Gasteiger partial charge in [-0.3, -0.25) is 0 Å². The maximum Gasteiger partial charge on any atom is 0.0714 e. The summed E-state index contributed by atoms with van der Waals surface area (Å²) in [5.74, 6) is 0. The molecule has 0 N–H and O–H groups in total. The first-order valence-corrected chi connectivity index (χ1v) is 40.2. The average Bonchev–Trinajstić information content (AvgIpc) is 1.54. The normalized spacial score (nSPS) is 13.0. The van der Waals surface area contributed by atoms with Gasteiger partial charge in [0, 0.05) is 74.2 Å². The predicted octanol–water partition coefficient (Wildman–Crippen LogP) is 29.9. The highest BCUT2D eigenvalue weighted by molar-refractivity contribution is 7.26. The summed E-state index contributed by atoms with van der Waals surface area (Å²) in [5, 5.41) is 7.52.